The van der Waals surface area contributed by atoms with Crippen molar-refractivity contribution in [2.75, 3.05) is 0 Å². The molecule has 0 bridgehead atoms. The van der Waals surface area contributed by atoms with E-state index in [9.17, 15) is 15.1 Å². The van der Waals surface area contributed by atoms with Gasteiger partial charge in [0.25, 0.3) is 5.56 Å². The molecule has 21 heavy (non-hydrogen) atoms. The first-order valence-corrected chi connectivity index (χ1v) is 6.06. The highest BCUT2D eigenvalue weighted by Gasteiger charge is 2.18. The molecule has 6 nitrogen and oxygen atoms in total. The van der Waals surface area contributed by atoms with Gasteiger partial charge in [-0.2, -0.15) is 5.26 Å². The smallest absolute Gasteiger partial charge is 0.296 e. The van der Waals surface area contributed by atoms with Gasteiger partial charge in [0.1, 0.15) is 5.75 Å². The van der Waals surface area contributed by atoms with Crippen molar-refractivity contribution >= 4 is 11.0 Å². The quantitative estimate of drug-likeness (QED) is 0.662. The number of benzene rings is 1. The fraction of sp³-hybridized carbons (Fsp3) is 0. The van der Waals surface area contributed by atoms with Crippen LogP contribution in [-0.4, -0.2) is 20.0 Å². The molecule has 2 N–H and O–H groups in total. The van der Waals surface area contributed by atoms with Gasteiger partial charge >= 0.3 is 0 Å². The Morgan fingerprint density at radius 2 is 1.90 bits per heavy atom. The minimum absolute atomic E-state index is 0.0163. The molecule has 102 valence electrons. The van der Waals surface area contributed by atoms with E-state index in [-0.39, 0.29) is 22.3 Å². The van der Waals surface area contributed by atoms with Crippen LogP contribution in [0.4, 0.5) is 0 Å². The van der Waals surface area contributed by atoms with Crippen LogP contribution in [0.2, 0.25) is 0 Å². The fourth-order valence-corrected chi connectivity index (χ4v) is 2.16. The molecule has 3 aromatic rings. The highest BCUT2D eigenvalue weighted by molar-refractivity contribution is 5.89. The predicted molar refractivity (Wildman–Crippen MR) is 75.0 cm³/mol. The number of pyridine rings is 2. The van der Waals surface area contributed by atoms with E-state index in [1.807, 2.05) is 6.07 Å². The molecule has 0 saturated carbocycles. The molecule has 0 aliphatic carbocycles. The van der Waals surface area contributed by atoms with Crippen molar-refractivity contribution in [3.63, 3.8) is 0 Å². The number of hydrogen-bond acceptors (Lipinski definition) is 5. The van der Waals surface area contributed by atoms with Gasteiger partial charge in [0, 0.05) is 6.20 Å². The van der Waals surface area contributed by atoms with Crippen molar-refractivity contribution in [1.29, 1.82) is 5.26 Å². The Kier molecular flexibility index (Phi) is 2.81. The second-order valence-electron chi connectivity index (χ2n) is 4.40. The van der Waals surface area contributed by atoms with Crippen molar-refractivity contribution in [3.8, 4) is 22.9 Å². The van der Waals surface area contributed by atoms with Gasteiger partial charge in [-0.05, 0) is 29.8 Å². The Morgan fingerprint density at radius 1 is 1.19 bits per heavy atom. The average Bonchev–Trinajstić information content (AvgIpc) is 2.53. The number of aromatic nitrogens is 2. The minimum Gasteiger partial charge on any atom is -0.506 e. The minimum atomic E-state index is -0.775. The predicted octanol–water partition coefficient (Wildman–Crippen LogP) is 1.88. The molecule has 0 spiro atoms. The summed E-state index contributed by atoms with van der Waals surface area (Å²) >= 11 is 0. The zero-order valence-corrected chi connectivity index (χ0v) is 10.7. The first-order chi connectivity index (χ1) is 10.1. The first kappa shape index (κ1) is 12.7. The van der Waals surface area contributed by atoms with Gasteiger partial charge in [0.05, 0.1) is 22.6 Å². The molecule has 0 radical (unpaired) electrons. The molecule has 2 heterocycles. The molecule has 0 saturated heterocycles. The standard InChI is InChI=1S/C15H9N3O3/c16-8-9-3-5-10(6-4-9)12-13(19)11-2-1-7-17-14(11)18(21)15(12)20/h1-7,19,21H. The second kappa shape index (κ2) is 4.65. The van der Waals surface area contributed by atoms with Crippen molar-refractivity contribution < 1.29 is 10.3 Å². The SMILES string of the molecule is N#Cc1ccc(-c2c(O)c3cccnc3n(O)c2=O)cc1. The van der Waals surface area contributed by atoms with E-state index >= 15 is 0 Å². The average molecular weight is 279 g/mol. The third-order valence-electron chi connectivity index (χ3n) is 3.19. The maximum absolute atomic E-state index is 12.2. The van der Waals surface area contributed by atoms with Gasteiger partial charge in [-0.15, -0.1) is 4.73 Å². The molecule has 3 rings (SSSR count). The molecule has 0 amide bonds. The Balaban J connectivity index is 2.37. The third kappa shape index (κ3) is 1.88. The van der Waals surface area contributed by atoms with Gasteiger partial charge in [-0.3, -0.25) is 4.79 Å². The molecule has 1 aromatic carbocycles. The fourth-order valence-electron chi connectivity index (χ4n) is 2.16. The van der Waals surface area contributed by atoms with E-state index in [0.717, 1.165) is 0 Å². The Morgan fingerprint density at radius 3 is 2.57 bits per heavy atom. The lowest BCUT2D eigenvalue weighted by atomic mass is 10.0. The van der Waals surface area contributed by atoms with E-state index in [2.05, 4.69) is 4.98 Å². The van der Waals surface area contributed by atoms with Gasteiger partial charge < -0.3 is 10.3 Å². The van der Waals surface area contributed by atoms with E-state index in [1.165, 1.54) is 30.5 Å². The summed E-state index contributed by atoms with van der Waals surface area (Å²) in [5.41, 5.74) is 0.0124. The molecule has 0 atom stereocenters. The summed E-state index contributed by atoms with van der Waals surface area (Å²) in [6, 6.07) is 11.3. The van der Waals surface area contributed by atoms with E-state index in [4.69, 9.17) is 5.26 Å². The number of nitriles is 1. The Labute approximate surface area is 118 Å². The summed E-state index contributed by atoms with van der Waals surface area (Å²) in [5.74, 6) is -0.252. The second-order valence-corrected chi connectivity index (χ2v) is 4.40. The number of rotatable bonds is 1. The molecule has 6 heteroatoms. The van der Waals surface area contributed by atoms with Crippen LogP contribution in [-0.2, 0) is 0 Å². The number of aromatic hydroxyl groups is 1. The third-order valence-corrected chi connectivity index (χ3v) is 3.19. The highest BCUT2D eigenvalue weighted by atomic mass is 16.5. The summed E-state index contributed by atoms with van der Waals surface area (Å²) in [6.07, 6.45) is 1.41. The normalized spacial score (nSPS) is 10.4. The van der Waals surface area contributed by atoms with Crippen LogP contribution in [0.15, 0.2) is 47.4 Å². The molecular weight excluding hydrogens is 270 g/mol. The van der Waals surface area contributed by atoms with Crippen molar-refractivity contribution in [2.45, 2.75) is 0 Å². The maximum atomic E-state index is 12.2. The van der Waals surface area contributed by atoms with Gasteiger partial charge in [0.2, 0.25) is 0 Å². The number of hydrogen-bond donors (Lipinski definition) is 2. The maximum Gasteiger partial charge on any atom is 0.296 e. The van der Waals surface area contributed by atoms with Crippen LogP contribution in [0.25, 0.3) is 22.2 Å². The largest absolute Gasteiger partial charge is 0.506 e. The lowest BCUT2D eigenvalue weighted by Crippen LogP contribution is -2.20. The number of nitrogens with zero attached hydrogens (tertiary/aromatic N) is 3. The van der Waals surface area contributed by atoms with E-state index < -0.39 is 5.56 Å². The van der Waals surface area contributed by atoms with Crippen molar-refractivity contribution in [3.05, 3.63) is 58.5 Å². The highest BCUT2D eigenvalue weighted by Crippen LogP contribution is 2.31. The molecule has 0 fully saturated rings. The molecule has 0 aliphatic heterocycles. The van der Waals surface area contributed by atoms with E-state index in [0.29, 0.717) is 15.9 Å². The zero-order valence-electron chi connectivity index (χ0n) is 10.7. The molecule has 0 unspecified atom stereocenters. The molecule has 0 aliphatic rings. The Hall–Kier alpha value is -3.33. The summed E-state index contributed by atoms with van der Waals surface area (Å²) < 4.78 is 0.405. The summed E-state index contributed by atoms with van der Waals surface area (Å²) in [4.78, 5) is 16.1. The summed E-state index contributed by atoms with van der Waals surface area (Å²) in [5, 5.41) is 29.3. The van der Waals surface area contributed by atoms with E-state index in [1.54, 1.807) is 12.1 Å². The van der Waals surface area contributed by atoms with Crippen molar-refractivity contribution in [2.24, 2.45) is 0 Å². The lowest BCUT2D eigenvalue weighted by molar-refractivity contribution is 0.186. The van der Waals surface area contributed by atoms with Gasteiger partial charge in [-0.1, -0.05) is 12.1 Å². The Bertz CT molecular complexity index is 937. The monoisotopic (exact) mass is 279 g/mol. The topological polar surface area (TPSA) is 99.1 Å². The first-order valence-electron chi connectivity index (χ1n) is 6.06. The van der Waals surface area contributed by atoms with Crippen LogP contribution in [0.5, 0.6) is 5.75 Å². The van der Waals surface area contributed by atoms with Crippen LogP contribution in [0.3, 0.4) is 0 Å². The van der Waals surface area contributed by atoms with Gasteiger partial charge in [-0.25, -0.2) is 4.98 Å². The summed E-state index contributed by atoms with van der Waals surface area (Å²) in [7, 11) is 0. The molecular formula is C15H9N3O3. The van der Waals surface area contributed by atoms with Crippen LogP contribution >= 0.6 is 0 Å². The lowest BCUT2D eigenvalue weighted by Gasteiger charge is -2.09. The zero-order chi connectivity index (χ0) is 15.0. The van der Waals surface area contributed by atoms with Crippen LogP contribution in [0.1, 0.15) is 5.56 Å². The van der Waals surface area contributed by atoms with Crippen LogP contribution in [0, 0.1) is 11.3 Å². The summed E-state index contributed by atoms with van der Waals surface area (Å²) in [6.45, 7) is 0. The molecule has 2 aromatic heterocycles. The van der Waals surface area contributed by atoms with Gasteiger partial charge in [0.15, 0.2) is 5.65 Å². The number of fused-ring (bicyclic) bond motifs is 1. The van der Waals surface area contributed by atoms with Crippen molar-refractivity contribution in [1.82, 2.24) is 9.71 Å². The van der Waals surface area contributed by atoms with Crippen LogP contribution < -0.4 is 5.56 Å².